The molecule has 0 aliphatic heterocycles. The van der Waals surface area contributed by atoms with Crippen LogP contribution in [-0.4, -0.2) is 18.0 Å². The summed E-state index contributed by atoms with van der Waals surface area (Å²) in [5.74, 6) is -0.294. The summed E-state index contributed by atoms with van der Waals surface area (Å²) in [5, 5.41) is 5.07. The van der Waals surface area contributed by atoms with E-state index in [1.165, 1.54) is 0 Å². The summed E-state index contributed by atoms with van der Waals surface area (Å²) in [4.78, 5) is 22.3. The van der Waals surface area contributed by atoms with Crippen LogP contribution >= 0.6 is 0 Å². The minimum absolute atomic E-state index is 0.294. The van der Waals surface area contributed by atoms with Crippen molar-refractivity contribution in [3.8, 4) is 0 Å². The quantitative estimate of drug-likeness (QED) is 0.737. The molecular formula is C12H17N3O2. The zero-order valence-electron chi connectivity index (χ0n) is 10.2. The van der Waals surface area contributed by atoms with Crippen molar-refractivity contribution in [3.05, 3.63) is 29.3 Å². The van der Waals surface area contributed by atoms with Crippen LogP contribution in [-0.2, 0) is 4.79 Å². The number of aryl methyl sites for hydroxylation is 1. The fraction of sp³-hybridized carbons (Fsp3) is 0.333. The SMILES string of the molecule is Cc1cccc(NC(=O)[C@H](C)NC(N)=O)c1C. The number of hydrogen-bond donors (Lipinski definition) is 3. The van der Waals surface area contributed by atoms with Crippen molar-refractivity contribution in [2.45, 2.75) is 26.8 Å². The first-order valence-electron chi connectivity index (χ1n) is 5.35. The zero-order chi connectivity index (χ0) is 13.0. The van der Waals surface area contributed by atoms with Gasteiger partial charge in [-0.25, -0.2) is 4.79 Å². The third-order valence-corrected chi connectivity index (χ3v) is 2.61. The topological polar surface area (TPSA) is 84.2 Å². The van der Waals surface area contributed by atoms with Crippen LogP contribution < -0.4 is 16.4 Å². The van der Waals surface area contributed by atoms with Crippen molar-refractivity contribution in [3.63, 3.8) is 0 Å². The fourth-order valence-corrected chi connectivity index (χ4v) is 1.41. The lowest BCUT2D eigenvalue weighted by Crippen LogP contribution is -2.44. The molecule has 1 atom stereocenters. The van der Waals surface area contributed by atoms with E-state index in [1.807, 2.05) is 32.0 Å². The second-order valence-electron chi connectivity index (χ2n) is 3.97. The lowest BCUT2D eigenvalue weighted by molar-refractivity contribution is -0.117. The molecule has 1 rings (SSSR count). The molecule has 0 spiro atoms. The Morgan fingerprint density at radius 2 is 1.94 bits per heavy atom. The van der Waals surface area contributed by atoms with Gasteiger partial charge < -0.3 is 16.4 Å². The molecule has 5 nitrogen and oxygen atoms in total. The van der Waals surface area contributed by atoms with E-state index in [2.05, 4.69) is 10.6 Å². The van der Waals surface area contributed by atoms with Gasteiger partial charge in [-0.1, -0.05) is 12.1 Å². The normalized spacial score (nSPS) is 11.7. The summed E-state index contributed by atoms with van der Waals surface area (Å²) in [7, 11) is 0. The molecule has 0 fully saturated rings. The Labute approximate surface area is 100 Å². The number of urea groups is 1. The second-order valence-corrected chi connectivity index (χ2v) is 3.97. The van der Waals surface area contributed by atoms with E-state index in [0.717, 1.165) is 16.8 Å². The Bertz CT molecular complexity index is 443. The van der Waals surface area contributed by atoms with Gasteiger partial charge in [-0.2, -0.15) is 0 Å². The van der Waals surface area contributed by atoms with Gasteiger partial charge in [-0.3, -0.25) is 4.79 Å². The van der Waals surface area contributed by atoms with Crippen LogP contribution in [0.5, 0.6) is 0 Å². The van der Waals surface area contributed by atoms with Crippen LogP contribution in [0.1, 0.15) is 18.1 Å². The molecule has 1 aromatic rings. The van der Waals surface area contributed by atoms with E-state index < -0.39 is 12.1 Å². The maximum Gasteiger partial charge on any atom is 0.312 e. The fourth-order valence-electron chi connectivity index (χ4n) is 1.41. The Hall–Kier alpha value is -2.04. The molecule has 0 unspecified atom stereocenters. The van der Waals surface area contributed by atoms with E-state index in [-0.39, 0.29) is 5.91 Å². The van der Waals surface area contributed by atoms with Gasteiger partial charge in [0.15, 0.2) is 0 Å². The largest absolute Gasteiger partial charge is 0.352 e. The third-order valence-electron chi connectivity index (χ3n) is 2.61. The van der Waals surface area contributed by atoms with Crippen molar-refractivity contribution >= 4 is 17.6 Å². The van der Waals surface area contributed by atoms with Crippen LogP contribution in [0.3, 0.4) is 0 Å². The first kappa shape index (κ1) is 13.0. The Morgan fingerprint density at radius 1 is 1.29 bits per heavy atom. The number of nitrogens with one attached hydrogen (secondary N) is 2. The summed E-state index contributed by atoms with van der Waals surface area (Å²) in [6.07, 6.45) is 0. The lowest BCUT2D eigenvalue weighted by atomic mass is 10.1. The van der Waals surface area contributed by atoms with Gasteiger partial charge in [0.1, 0.15) is 6.04 Å². The summed E-state index contributed by atoms with van der Waals surface area (Å²) < 4.78 is 0. The number of carbonyl (C=O) groups excluding carboxylic acids is 2. The number of benzene rings is 1. The van der Waals surface area contributed by atoms with Gasteiger partial charge in [0.25, 0.3) is 0 Å². The summed E-state index contributed by atoms with van der Waals surface area (Å²) in [6.45, 7) is 5.47. The van der Waals surface area contributed by atoms with Crippen molar-refractivity contribution in [2.75, 3.05) is 5.32 Å². The minimum atomic E-state index is -0.714. The number of amides is 3. The van der Waals surface area contributed by atoms with E-state index in [0.29, 0.717) is 0 Å². The van der Waals surface area contributed by atoms with Gasteiger partial charge >= 0.3 is 6.03 Å². The maximum atomic E-state index is 11.7. The van der Waals surface area contributed by atoms with Crippen molar-refractivity contribution in [1.29, 1.82) is 0 Å². The molecule has 5 heteroatoms. The van der Waals surface area contributed by atoms with Gasteiger partial charge in [-0.05, 0) is 38.0 Å². The van der Waals surface area contributed by atoms with Crippen LogP contribution in [0.15, 0.2) is 18.2 Å². The summed E-state index contributed by atoms with van der Waals surface area (Å²) >= 11 is 0. The number of primary amides is 1. The van der Waals surface area contributed by atoms with E-state index >= 15 is 0 Å². The van der Waals surface area contributed by atoms with Gasteiger partial charge in [0.05, 0.1) is 0 Å². The molecule has 0 saturated heterocycles. The number of carbonyl (C=O) groups is 2. The molecular weight excluding hydrogens is 218 g/mol. The Balaban J connectivity index is 2.74. The van der Waals surface area contributed by atoms with E-state index in [9.17, 15) is 9.59 Å². The molecule has 0 heterocycles. The van der Waals surface area contributed by atoms with Crippen LogP contribution in [0.25, 0.3) is 0 Å². The molecule has 0 aliphatic carbocycles. The number of hydrogen-bond acceptors (Lipinski definition) is 2. The Kier molecular flexibility index (Phi) is 4.09. The molecule has 0 saturated carbocycles. The molecule has 0 bridgehead atoms. The highest BCUT2D eigenvalue weighted by molar-refractivity contribution is 5.97. The molecule has 92 valence electrons. The highest BCUT2D eigenvalue weighted by Crippen LogP contribution is 2.17. The summed E-state index contributed by atoms with van der Waals surface area (Å²) in [6, 6.07) is 4.28. The highest BCUT2D eigenvalue weighted by Gasteiger charge is 2.14. The van der Waals surface area contributed by atoms with E-state index in [4.69, 9.17) is 5.73 Å². The highest BCUT2D eigenvalue weighted by atomic mass is 16.2. The Morgan fingerprint density at radius 3 is 2.53 bits per heavy atom. The molecule has 0 aliphatic rings. The molecule has 3 amide bonds. The second kappa shape index (κ2) is 5.34. The molecule has 0 aromatic heterocycles. The van der Waals surface area contributed by atoms with Crippen molar-refractivity contribution in [2.24, 2.45) is 5.73 Å². The van der Waals surface area contributed by atoms with Gasteiger partial charge in [-0.15, -0.1) is 0 Å². The van der Waals surface area contributed by atoms with Gasteiger partial charge in [0.2, 0.25) is 5.91 Å². The minimum Gasteiger partial charge on any atom is -0.352 e. The first-order valence-corrected chi connectivity index (χ1v) is 5.35. The monoisotopic (exact) mass is 235 g/mol. The third kappa shape index (κ3) is 3.48. The van der Waals surface area contributed by atoms with Crippen molar-refractivity contribution in [1.82, 2.24) is 5.32 Å². The predicted octanol–water partition coefficient (Wildman–Crippen LogP) is 1.30. The molecule has 1 aromatic carbocycles. The first-order chi connectivity index (χ1) is 7.91. The van der Waals surface area contributed by atoms with Crippen LogP contribution in [0.4, 0.5) is 10.5 Å². The van der Waals surface area contributed by atoms with Crippen molar-refractivity contribution < 1.29 is 9.59 Å². The average Bonchev–Trinajstić information content (AvgIpc) is 2.23. The standard InChI is InChI=1S/C12H17N3O2/c1-7-5-4-6-10(8(7)2)15-11(16)9(3)14-12(13)17/h4-6,9H,1-3H3,(H,15,16)(H3,13,14,17)/t9-/m0/s1. The van der Waals surface area contributed by atoms with Gasteiger partial charge in [0, 0.05) is 5.69 Å². The molecule has 17 heavy (non-hydrogen) atoms. The predicted molar refractivity (Wildman–Crippen MR) is 66.7 cm³/mol. The number of anilines is 1. The number of rotatable bonds is 3. The zero-order valence-corrected chi connectivity index (χ0v) is 10.2. The van der Waals surface area contributed by atoms with Crippen LogP contribution in [0, 0.1) is 13.8 Å². The summed E-state index contributed by atoms with van der Waals surface area (Å²) in [5.41, 5.74) is 7.79. The van der Waals surface area contributed by atoms with E-state index in [1.54, 1.807) is 6.92 Å². The maximum absolute atomic E-state index is 11.7. The average molecular weight is 235 g/mol. The lowest BCUT2D eigenvalue weighted by Gasteiger charge is -2.14. The molecule has 4 N–H and O–H groups in total. The smallest absolute Gasteiger partial charge is 0.312 e. The van der Waals surface area contributed by atoms with Crippen LogP contribution in [0.2, 0.25) is 0 Å². The molecule has 0 radical (unpaired) electrons. The number of nitrogens with two attached hydrogens (primary N) is 1.